The Kier molecular flexibility index (Phi) is 6.62. The van der Waals surface area contributed by atoms with E-state index in [1.807, 2.05) is 44.6 Å². The van der Waals surface area contributed by atoms with Gasteiger partial charge in [0, 0.05) is 47.5 Å². The molecule has 4 aromatic heterocycles. The summed E-state index contributed by atoms with van der Waals surface area (Å²) in [5.41, 5.74) is 8.47. The summed E-state index contributed by atoms with van der Waals surface area (Å²) in [6.07, 6.45) is 11.7. The molecule has 0 amide bonds. The van der Waals surface area contributed by atoms with Crippen LogP contribution in [0.2, 0.25) is 0 Å². The molecule has 1 aliphatic heterocycles. The zero-order chi connectivity index (χ0) is 26.9. The average molecular weight is 520 g/mol. The third-order valence-electron chi connectivity index (χ3n) is 7.16. The summed E-state index contributed by atoms with van der Waals surface area (Å²) < 4.78 is 14.2. The third kappa shape index (κ3) is 5.03. The highest BCUT2D eigenvalue weighted by molar-refractivity contribution is 5.92. The first-order valence-corrected chi connectivity index (χ1v) is 13.2. The lowest BCUT2D eigenvalue weighted by molar-refractivity contribution is 0.331. The molecule has 1 aromatic carbocycles. The molecule has 8 heteroatoms. The Balaban J connectivity index is 1.37. The third-order valence-corrected chi connectivity index (χ3v) is 7.16. The number of aryl methyl sites for hydroxylation is 2. The fraction of sp³-hybridized carbons (Fsp3) is 0.226. The Hall–Kier alpha value is -4.43. The first-order valence-electron chi connectivity index (χ1n) is 13.2. The van der Waals surface area contributed by atoms with Crippen molar-refractivity contribution < 1.29 is 4.39 Å². The van der Waals surface area contributed by atoms with Crippen LogP contribution in [0, 0.1) is 19.7 Å². The number of rotatable bonds is 7. The molecule has 5 heterocycles. The van der Waals surface area contributed by atoms with E-state index in [-0.39, 0.29) is 5.82 Å². The molecule has 0 radical (unpaired) electrons. The Morgan fingerprint density at radius 1 is 1.05 bits per heavy atom. The smallest absolute Gasteiger partial charge is 0.181 e. The molecule has 196 valence electrons. The number of hydrogen-bond donors (Lipinski definition) is 2. The summed E-state index contributed by atoms with van der Waals surface area (Å²) in [5, 5.41) is 8.38. The van der Waals surface area contributed by atoms with E-state index in [4.69, 9.17) is 4.98 Å². The number of nitrogens with one attached hydrogen (secondary N) is 2. The highest BCUT2D eigenvalue weighted by Gasteiger charge is 2.19. The SMILES string of the molecule is C=C/C=C(/c1cc(C)cc(F)c1)c1nc(-c2[nH]nc3ncc(-c4cncc(CN5CCCC5)c4)cc23)[nH]c1C. The van der Waals surface area contributed by atoms with Crippen molar-refractivity contribution in [2.24, 2.45) is 0 Å². The number of allylic oxidation sites excluding steroid dienone is 2. The van der Waals surface area contributed by atoms with Crippen molar-refractivity contribution in [1.82, 2.24) is 35.0 Å². The number of pyridine rings is 2. The van der Waals surface area contributed by atoms with Crippen molar-refractivity contribution >= 4 is 16.6 Å². The molecule has 2 N–H and O–H groups in total. The van der Waals surface area contributed by atoms with Gasteiger partial charge in [0.15, 0.2) is 11.5 Å². The van der Waals surface area contributed by atoms with Crippen molar-refractivity contribution in [3.8, 4) is 22.6 Å². The average Bonchev–Trinajstić information content (AvgIpc) is 3.67. The lowest BCUT2D eigenvalue weighted by atomic mass is 9.99. The van der Waals surface area contributed by atoms with Gasteiger partial charge in [0.05, 0.1) is 11.1 Å². The largest absolute Gasteiger partial charge is 0.340 e. The standard InChI is InChI=1S/C31H30FN7/c1-4-7-26(22-10-19(2)11-25(32)13-22)28-20(3)35-31(36-28)29-27-14-24(17-34-30(27)38-37-29)23-12-21(15-33-16-23)18-39-8-5-6-9-39/h4,7,10-17H,1,5-6,8-9,18H2,2-3H3,(H,35,36)(H,34,37,38)/b26-7-. The maximum atomic E-state index is 14.2. The minimum Gasteiger partial charge on any atom is -0.340 e. The van der Waals surface area contributed by atoms with Gasteiger partial charge in [-0.15, -0.1) is 0 Å². The predicted octanol–water partition coefficient (Wildman–Crippen LogP) is 6.38. The van der Waals surface area contributed by atoms with Gasteiger partial charge in [-0.1, -0.05) is 24.8 Å². The molecule has 1 aliphatic rings. The number of nitrogens with zero attached hydrogens (tertiary/aromatic N) is 5. The number of hydrogen-bond acceptors (Lipinski definition) is 5. The normalized spacial score (nSPS) is 14.4. The number of benzene rings is 1. The van der Waals surface area contributed by atoms with Crippen molar-refractivity contribution in [1.29, 1.82) is 0 Å². The van der Waals surface area contributed by atoms with Gasteiger partial charge < -0.3 is 4.98 Å². The van der Waals surface area contributed by atoms with Gasteiger partial charge in [-0.3, -0.25) is 15.0 Å². The fourth-order valence-electron chi connectivity index (χ4n) is 5.33. The first-order chi connectivity index (χ1) is 19.0. The second-order valence-electron chi connectivity index (χ2n) is 10.2. The number of aromatic amines is 2. The van der Waals surface area contributed by atoms with E-state index >= 15 is 0 Å². The van der Waals surface area contributed by atoms with Crippen LogP contribution in [0.4, 0.5) is 4.39 Å². The Morgan fingerprint density at radius 2 is 1.87 bits per heavy atom. The molecule has 39 heavy (non-hydrogen) atoms. The minimum atomic E-state index is -0.287. The Bertz CT molecular complexity index is 1690. The van der Waals surface area contributed by atoms with Gasteiger partial charge in [-0.2, -0.15) is 5.10 Å². The molecular formula is C31H30FN7. The van der Waals surface area contributed by atoms with E-state index in [0.29, 0.717) is 11.5 Å². The van der Waals surface area contributed by atoms with Gasteiger partial charge in [-0.05, 0) is 80.7 Å². The molecule has 7 nitrogen and oxygen atoms in total. The van der Waals surface area contributed by atoms with Crippen LogP contribution < -0.4 is 0 Å². The van der Waals surface area contributed by atoms with Gasteiger partial charge in [0.25, 0.3) is 0 Å². The summed E-state index contributed by atoms with van der Waals surface area (Å²) >= 11 is 0. The second-order valence-corrected chi connectivity index (χ2v) is 10.2. The zero-order valence-corrected chi connectivity index (χ0v) is 22.1. The topological polar surface area (TPSA) is 86.4 Å². The number of imidazole rings is 1. The number of fused-ring (bicyclic) bond motifs is 1. The van der Waals surface area contributed by atoms with Crippen molar-refractivity contribution in [2.45, 2.75) is 33.2 Å². The van der Waals surface area contributed by atoms with E-state index in [1.54, 1.807) is 6.08 Å². The number of likely N-dealkylation sites (tertiary alicyclic amines) is 1. The van der Waals surface area contributed by atoms with Gasteiger partial charge in [0.2, 0.25) is 0 Å². The first kappa shape index (κ1) is 24.9. The quantitative estimate of drug-likeness (QED) is 0.244. The molecule has 0 atom stereocenters. The highest BCUT2D eigenvalue weighted by atomic mass is 19.1. The van der Waals surface area contributed by atoms with Gasteiger partial charge >= 0.3 is 0 Å². The number of H-pyrrole nitrogens is 2. The van der Waals surface area contributed by atoms with Crippen LogP contribution in [-0.4, -0.2) is 48.1 Å². The summed E-state index contributed by atoms with van der Waals surface area (Å²) in [7, 11) is 0. The van der Waals surface area contributed by atoms with Crippen LogP contribution in [0.25, 0.3) is 39.3 Å². The van der Waals surface area contributed by atoms with Crippen molar-refractivity contribution in [3.05, 3.63) is 102 Å². The molecule has 0 unspecified atom stereocenters. The van der Waals surface area contributed by atoms with Crippen LogP contribution in [-0.2, 0) is 6.54 Å². The molecule has 0 bridgehead atoms. The highest BCUT2D eigenvalue weighted by Crippen LogP contribution is 2.32. The summed E-state index contributed by atoms with van der Waals surface area (Å²) in [5.74, 6) is 0.346. The maximum Gasteiger partial charge on any atom is 0.181 e. The number of halogens is 1. The lowest BCUT2D eigenvalue weighted by Crippen LogP contribution is -2.18. The van der Waals surface area contributed by atoms with Crippen molar-refractivity contribution in [2.75, 3.05) is 13.1 Å². The molecular weight excluding hydrogens is 489 g/mol. The fourth-order valence-corrected chi connectivity index (χ4v) is 5.33. The van der Waals surface area contributed by atoms with E-state index in [2.05, 4.69) is 48.8 Å². The van der Waals surface area contributed by atoms with Gasteiger partial charge in [0.1, 0.15) is 11.5 Å². The second kappa shape index (κ2) is 10.4. The van der Waals surface area contributed by atoms with Crippen LogP contribution in [0.1, 0.15) is 40.9 Å². The minimum absolute atomic E-state index is 0.287. The molecule has 1 fully saturated rings. The van der Waals surface area contributed by atoms with Crippen LogP contribution in [0.5, 0.6) is 0 Å². The summed E-state index contributed by atoms with van der Waals surface area (Å²) in [6, 6.07) is 9.24. The van der Waals surface area contributed by atoms with E-state index in [9.17, 15) is 4.39 Å². The monoisotopic (exact) mass is 519 g/mol. The summed E-state index contributed by atoms with van der Waals surface area (Å²) in [6.45, 7) is 10.9. The molecule has 0 saturated carbocycles. The maximum absolute atomic E-state index is 14.2. The van der Waals surface area contributed by atoms with Crippen molar-refractivity contribution in [3.63, 3.8) is 0 Å². The van der Waals surface area contributed by atoms with E-state index in [1.165, 1.54) is 30.5 Å². The van der Waals surface area contributed by atoms with Crippen LogP contribution in [0.15, 0.2) is 67.7 Å². The molecule has 6 rings (SSSR count). The van der Waals surface area contributed by atoms with Crippen LogP contribution >= 0.6 is 0 Å². The van der Waals surface area contributed by atoms with Gasteiger partial charge in [-0.25, -0.2) is 14.4 Å². The number of aromatic nitrogens is 6. The Labute approximate surface area is 226 Å². The molecule has 0 spiro atoms. The molecule has 0 aliphatic carbocycles. The predicted molar refractivity (Wildman–Crippen MR) is 152 cm³/mol. The molecule has 5 aromatic rings. The van der Waals surface area contributed by atoms with E-state index < -0.39 is 0 Å². The van der Waals surface area contributed by atoms with Crippen LogP contribution in [0.3, 0.4) is 0 Å². The zero-order valence-electron chi connectivity index (χ0n) is 22.1. The Morgan fingerprint density at radius 3 is 2.67 bits per heavy atom. The van der Waals surface area contributed by atoms with E-state index in [0.717, 1.165) is 69.9 Å². The molecule has 1 saturated heterocycles. The summed E-state index contributed by atoms with van der Waals surface area (Å²) in [4.78, 5) is 19.9. The lowest BCUT2D eigenvalue weighted by Gasteiger charge is -2.14.